The Labute approximate surface area is 569 Å². The second kappa shape index (κ2) is 53.6. The standard InChI is InChI=1S/C69H132N2O22P2/c1-6-10-14-18-22-26-30-34-38-42-52(73)46-58(77)70-62-66(90-60(79)48-54(75)44-40-36-32-28-24-20-16-12-8-3)64(81)57(89-69(62)93-94(5,82)83)51-87-68-63(71-59(78)47-53(74)43-39-35-31-27-23-19-15-11-7-2)67(65(56(50-72)88-68)92-95(84,85)86)91-61(80)49-55(76)45-41-37-33-29-25-21-17-13-9-4/h52-57,62-69,72-76,81H,6-51H2,1-5H3,(H,70,77)(H,71,78)(H,82,83)(H2,84,85,86)/t52-,53-,54-,55-,56?,57?,62?,63?,64-,65-,66-,67-,68-,69-/m1/s1. The van der Waals surface area contributed by atoms with Gasteiger partial charge in [0.25, 0.3) is 0 Å². The molecule has 0 saturated carbocycles. The average molecular weight is 1400 g/mol. The Morgan fingerprint density at radius 1 is 0.421 bits per heavy atom. The molecule has 0 aromatic heterocycles. The summed E-state index contributed by atoms with van der Waals surface area (Å²) >= 11 is 0. The van der Waals surface area contributed by atoms with Crippen molar-refractivity contribution in [1.82, 2.24) is 10.6 Å². The van der Waals surface area contributed by atoms with Crippen LogP contribution in [0.15, 0.2) is 0 Å². The minimum absolute atomic E-state index is 0.212. The van der Waals surface area contributed by atoms with Crippen LogP contribution in [0.4, 0.5) is 0 Å². The van der Waals surface area contributed by atoms with E-state index in [1.807, 2.05) is 0 Å². The molecule has 0 bridgehead atoms. The van der Waals surface area contributed by atoms with E-state index in [4.69, 9.17) is 32.7 Å². The van der Waals surface area contributed by atoms with Crippen LogP contribution in [0.25, 0.3) is 0 Å². The number of nitrogens with one attached hydrogen (secondary N) is 2. The third kappa shape index (κ3) is 43.3. The van der Waals surface area contributed by atoms with Gasteiger partial charge in [-0.15, -0.1) is 0 Å². The third-order valence-corrected chi connectivity index (χ3v) is 19.0. The number of phosphoric acid groups is 1. The number of carbonyl (C=O) groups excluding carboxylic acids is 4. The number of hydrogen-bond acceptors (Lipinski definition) is 19. The Morgan fingerprint density at radius 2 is 0.726 bits per heavy atom. The van der Waals surface area contributed by atoms with E-state index in [9.17, 15) is 73.6 Å². The summed E-state index contributed by atoms with van der Waals surface area (Å²) < 4.78 is 66.7. The molecule has 2 heterocycles. The van der Waals surface area contributed by atoms with Crippen LogP contribution in [0.3, 0.4) is 0 Å². The molecule has 11 N–H and O–H groups in total. The third-order valence-electron chi connectivity index (χ3n) is 17.9. The number of unbranched alkanes of at least 4 members (excludes halogenated alkanes) is 32. The van der Waals surface area contributed by atoms with Gasteiger partial charge in [0.1, 0.15) is 36.5 Å². The molecule has 2 amide bonds. The first-order valence-electron chi connectivity index (χ1n) is 37.1. The average Bonchev–Trinajstić information content (AvgIpc) is 0.787. The van der Waals surface area contributed by atoms with Crippen LogP contribution in [-0.4, -0.2) is 175 Å². The highest BCUT2D eigenvalue weighted by atomic mass is 31.2. The minimum Gasteiger partial charge on any atom is -0.457 e. The normalized spacial score (nSPS) is 23.5. The number of hydrogen-bond donors (Lipinski definition) is 11. The smallest absolute Gasteiger partial charge is 0.457 e. The number of aliphatic hydroxyl groups is 6. The Morgan fingerprint density at radius 3 is 1.05 bits per heavy atom. The first-order chi connectivity index (χ1) is 45.4. The van der Waals surface area contributed by atoms with Gasteiger partial charge in [0.05, 0.1) is 63.3 Å². The van der Waals surface area contributed by atoms with Crippen molar-refractivity contribution in [2.75, 3.05) is 19.9 Å². The van der Waals surface area contributed by atoms with Crippen molar-refractivity contribution >= 4 is 39.2 Å². The molecule has 2 aliphatic heterocycles. The van der Waals surface area contributed by atoms with E-state index in [1.165, 1.54) is 51.4 Å². The molecule has 2 saturated heterocycles. The summed E-state index contributed by atoms with van der Waals surface area (Å²) in [6, 6.07) is -3.55. The fraction of sp³-hybridized carbons (Fsp3) is 0.942. The van der Waals surface area contributed by atoms with Gasteiger partial charge in [0.2, 0.25) is 11.8 Å². The van der Waals surface area contributed by atoms with E-state index >= 15 is 0 Å². The summed E-state index contributed by atoms with van der Waals surface area (Å²) in [6.45, 7) is 7.51. The van der Waals surface area contributed by atoms with Crippen LogP contribution >= 0.6 is 15.4 Å². The number of carbonyl (C=O) groups is 4. The van der Waals surface area contributed by atoms with Crippen LogP contribution < -0.4 is 10.6 Å². The van der Waals surface area contributed by atoms with E-state index in [1.54, 1.807) is 0 Å². The predicted molar refractivity (Wildman–Crippen MR) is 364 cm³/mol. The molecule has 26 heteroatoms. The van der Waals surface area contributed by atoms with E-state index in [-0.39, 0.29) is 25.7 Å². The quantitative estimate of drug-likeness (QED) is 0.0153. The van der Waals surface area contributed by atoms with Gasteiger partial charge in [0, 0.05) is 6.66 Å². The summed E-state index contributed by atoms with van der Waals surface area (Å²) in [5.41, 5.74) is 0. The van der Waals surface area contributed by atoms with Crippen LogP contribution in [-0.2, 0) is 61.0 Å². The second-order valence-corrected chi connectivity index (χ2v) is 30.1. The van der Waals surface area contributed by atoms with Gasteiger partial charge >= 0.3 is 27.4 Å². The van der Waals surface area contributed by atoms with Crippen molar-refractivity contribution < 1.29 is 106 Å². The zero-order valence-corrected chi connectivity index (χ0v) is 60.6. The fourth-order valence-electron chi connectivity index (χ4n) is 12.5. The number of ether oxygens (including phenoxy) is 5. The monoisotopic (exact) mass is 1400 g/mol. The molecule has 24 nitrogen and oxygen atoms in total. The molecule has 15 atom stereocenters. The lowest BCUT2D eigenvalue weighted by atomic mass is 9.95. The van der Waals surface area contributed by atoms with Gasteiger partial charge in [-0.25, -0.2) is 4.57 Å². The number of phosphoric ester groups is 1. The molecule has 0 radical (unpaired) electrons. The van der Waals surface area contributed by atoms with Gasteiger partial charge in [-0.05, 0) is 25.7 Å². The summed E-state index contributed by atoms with van der Waals surface area (Å²) in [4.78, 5) is 86.9. The summed E-state index contributed by atoms with van der Waals surface area (Å²) in [5.74, 6) is -3.81. The minimum atomic E-state index is -5.54. The number of amides is 2. The molecule has 2 fully saturated rings. The summed E-state index contributed by atoms with van der Waals surface area (Å²) in [7, 11) is -10.2. The van der Waals surface area contributed by atoms with Crippen LogP contribution in [0.2, 0.25) is 0 Å². The maximum absolute atomic E-state index is 14.1. The Bertz CT molecular complexity index is 2070. The molecule has 2 aliphatic rings. The second-order valence-electron chi connectivity index (χ2n) is 27.1. The predicted octanol–water partition coefficient (Wildman–Crippen LogP) is 11.6. The molecule has 5 unspecified atom stereocenters. The molecule has 560 valence electrons. The van der Waals surface area contributed by atoms with Crippen molar-refractivity contribution in [2.24, 2.45) is 0 Å². The maximum atomic E-state index is 14.1. The lowest BCUT2D eigenvalue weighted by Crippen LogP contribution is -2.68. The van der Waals surface area contributed by atoms with Gasteiger partial charge in [-0.3, -0.25) is 32.8 Å². The topological polar surface area (TPSA) is 373 Å². The molecule has 0 aromatic rings. The molecule has 95 heavy (non-hydrogen) atoms. The summed E-state index contributed by atoms with van der Waals surface area (Å²) in [5, 5.41) is 72.5. The largest absolute Gasteiger partial charge is 0.470 e. The zero-order valence-electron chi connectivity index (χ0n) is 58.8. The molecule has 0 aromatic carbocycles. The van der Waals surface area contributed by atoms with Gasteiger partial charge in [0.15, 0.2) is 24.8 Å². The SMILES string of the molecule is CCCCCCCCCCC[C@@H](O)CC(=O)NC1[C@@H](OP(C)(=O)O)OC(CO[C@@H]2OC(CO)[C@@H](OP(=O)(O)O)[C@H](OC(=O)C[C@H](O)CCCCCCCCCCC)C2NC(=O)C[C@H](O)CCCCCCCCCCC)[C@@H](O)[C@@H]1OC(=O)C[C@H](O)CCCCCCCCCCC. The Hall–Kier alpha value is -2.22. The van der Waals surface area contributed by atoms with Crippen molar-refractivity contribution in [3.8, 4) is 0 Å². The van der Waals surface area contributed by atoms with Gasteiger partial charge in [-0.2, -0.15) is 0 Å². The Kier molecular flexibility index (Phi) is 50.1. The van der Waals surface area contributed by atoms with Crippen LogP contribution in [0, 0.1) is 0 Å². The highest BCUT2D eigenvalue weighted by Crippen LogP contribution is 2.44. The van der Waals surface area contributed by atoms with Gasteiger partial charge < -0.3 is 79.6 Å². The number of rotatable bonds is 60. The van der Waals surface area contributed by atoms with E-state index in [2.05, 4.69) is 38.3 Å². The highest BCUT2D eigenvalue weighted by Gasteiger charge is 2.54. The summed E-state index contributed by atoms with van der Waals surface area (Å²) in [6.07, 6.45) is 15.4. The lowest BCUT2D eigenvalue weighted by Gasteiger charge is -2.47. The van der Waals surface area contributed by atoms with E-state index < -0.39 is 164 Å². The number of esters is 2. The molecular formula is C69H132N2O22P2. The number of aliphatic hydroxyl groups excluding tert-OH is 6. The van der Waals surface area contributed by atoms with Crippen LogP contribution in [0.5, 0.6) is 0 Å². The van der Waals surface area contributed by atoms with E-state index in [0.29, 0.717) is 25.7 Å². The van der Waals surface area contributed by atoms with Crippen molar-refractivity contribution in [1.29, 1.82) is 0 Å². The molecular weight excluding hydrogens is 1270 g/mol. The Balaban J connectivity index is 2.55. The first kappa shape index (κ1) is 88.9. The zero-order chi connectivity index (χ0) is 70.3. The maximum Gasteiger partial charge on any atom is 0.470 e. The van der Waals surface area contributed by atoms with Crippen molar-refractivity contribution in [2.45, 2.75) is 396 Å². The fourth-order valence-corrected chi connectivity index (χ4v) is 13.6. The van der Waals surface area contributed by atoms with Crippen LogP contribution in [0.1, 0.15) is 310 Å². The molecule has 0 aliphatic carbocycles. The molecule has 0 spiro atoms. The van der Waals surface area contributed by atoms with Crippen molar-refractivity contribution in [3.05, 3.63) is 0 Å². The van der Waals surface area contributed by atoms with Gasteiger partial charge in [-0.1, -0.05) is 259 Å². The van der Waals surface area contributed by atoms with E-state index in [0.717, 1.165) is 161 Å². The highest BCUT2D eigenvalue weighted by molar-refractivity contribution is 7.51. The first-order valence-corrected chi connectivity index (χ1v) is 40.6. The molecule has 2 rings (SSSR count). The van der Waals surface area contributed by atoms with Crippen molar-refractivity contribution in [3.63, 3.8) is 0 Å². The lowest BCUT2D eigenvalue weighted by molar-refractivity contribution is -0.296.